The summed E-state index contributed by atoms with van der Waals surface area (Å²) in [6, 6.07) is 9.79. The van der Waals surface area contributed by atoms with Crippen LogP contribution in [0.15, 0.2) is 30.3 Å². The Bertz CT molecular complexity index is 1460. The molecule has 1 amide bonds. The van der Waals surface area contributed by atoms with Crippen LogP contribution in [0.3, 0.4) is 0 Å². The van der Waals surface area contributed by atoms with Crippen LogP contribution in [0, 0.1) is 20.8 Å². The van der Waals surface area contributed by atoms with E-state index in [4.69, 9.17) is 26.3 Å². The Morgan fingerprint density at radius 3 is 2.64 bits per heavy atom. The molecule has 36 heavy (non-hydrogen) atoms. The molecule has 2 aromatic carbocycles. The van der Waals surface area contributed by atoms with Gasteiger partial charge in [-0.1, -0.05) is 41.1 Å². The number of anilines is 1. The molecule has 2 atom stereocenters. The maximum absolute atomic E-state index is 14.1. The minimum atomic E-state index is -0.259. The fourth-order valence-electron chi connectivity index (χ4n) is 4.68. The molecule has 0 saturated carbocycles. The lowest BCUT2D eigenvalue weighted by atomic mass is 10.0. The number of nitrogens with one attached hydrogen (secondary N) is 1. The van der Waals surface area contributed by atoms with E-state index in [-0.39, 0.29) is 18.1 Å². The second-order valence-corrected chi connectivity index (χ2v) is 11.0. The second-order valence-electron chi connectivity index (χ2n) is 9.62. The van der Waals surface area contributed by atoms with Crippen LogP contribution in [-0.4, -0.2) is 59.6 Å². The number of hydrogen-bond donors (Lipinski definition) is 1. The summed E-state index contributed by atoms with van der Waals surface area (Å²) in [5, 5.41) is 1.48. The average Bonchev–Trinajstić information content (AvgIpc) is 3.59. The van der Waals surface area contributed by atoms with Gasteiger partial charge in [-0.15, -0.1) is 0 Å². The fraction of sp³-hybridized carbons (Fsp3) is 0.370. The number of rotatable bonds is 5. The molecule has 5 rings (SSSR count). The molecule has 0 unspecified atom stereocenters. The van der Waals surface area contributed by atoms with Gasteiger partial charge in [-0.3, -0.25) is 4.79 Å². The monoisotopic (exact) mass is 523 g/mol. The molecule has 2 aromatic heterocycles. The summed E-state index contributed by atoms with van der Waals surface area (Å²) in [4.78, 5) is 31.9. The summed E-state index contributed by atoms with van der Waals surface area (Å²) >= 11 is 7.87. The number of aromatic nitrogens is 3. The predicted octanol–water partition coefficient (Wildman–Crippen LogP) is 5.93. The highest BCUT2D eigenvalue weighted by Crippen LogP contribution is 2.40. The third kappa shape index (κ3) is 4.27. The Kier molecular flexibility index (Phi) is 6.53. The molecule has 0 aliphatic carbocycles. The van der Waals surface area contributed by atoms with Gasteiger partial charge in [0.1, 0.15) is 11.5 Å². The SMILES string of the molecule is CO[C@@H]1C[C@@H](c2nc3ccc(Cl)c(C)c3[nH]2)N(C(=O)c2nc(N(C)C)sc2-c2ccc(C)c(C)c2)C1. The van der Waals surface area contributed by atoms with Gasteiger partial charge in [-0.2, -0.15) is 0 Å². The minimum Gasteiger partial charge on any atom is -0.380 e. The van der Waals surface area contributed by atoms with Crippen molar-refractivity contribution in [3.63, 3.8) is 0 Å². The quantitative estimate of drug-likeness (QED) is 0.351. The van der Waals surface area contributed by atoms with Crippen LogP contribution in [-0.2, 0) is 4.74 Å². The van der Waals surface area contributed by atoms with Gasteiger partial charge in [0.05, 0.1) is 28.1 Å². The van der Waals surface area contributed by atoms with Gasteiger partial charge in [0, 0.05) is 39.2 Å². The lowest BCUT2D eigenvalue weighted by Crippen LogP contribution is -2.33. The summed E-state index contributed by atoms with van der Waals surface area (Å²) in [7, 11) is 5.57. The lowest BCUT2D eigenvalue weighted by molar-refractivity contribution is 0.0680. The number of hydrogen-bond acceptors (Lipinski definition) is 6. The Morgan fingerprint density at radius 1 is 1.17 bits per heavy atom. The van der Waals surface area contributed by atoms with E-state index in [1.807, 2.05) is 43.0 Å². The van der Waals surface area contributed by atoms with E-state index >= 15 is 0 Å². The van der Waals surface area contributed by atoms with E-state index in [0.717, 1.165) is 38.0 Å². The van der Waals surface area contributed by atoms with Crippen LogP contribution in [0.1, 0.15) is 45.5 Å². The Morgan fingerprint density at radius 2 is 1.94 bits per heavy atom. The standard InChI is InChI=1S/C27H30ClN5O2S/c1-14-7-8-17(11-15(14)2)24-23(31-27(36-24)32(4)5)26(34)33-13-18(35-6)12-21(33)25-29-20-10-9-19(28)16(3)22(20)30-25/h7-11,18,21H,12-13H2,1-6H3,(H,29,30)/t18-,21+/m1/s1. The third-order valence-corrected chi connectivity index (χ3v) is 8.70. The number of aromatic amines is 1. The van der Waals surface area contributed by atoms with Crippen molar-refractivity contribution in [2.75, 3.05) is 32.6 Å². The van der Waals surface area contributed by atoms with Crippen molar-refractivity contribution in [2.45, 2.75) is 39.3 Å². The lowest BCUT2D eigenvalue weighted by Gasteiger charge is -2.22. The molecular weight excluding hydrogens is 494 g/mol. The number of nitrogens with zero attached hydrogens (tertiary/aromatic N) is 4. The highest BCUT2D eigenvalue weighted by molar-refractivity contribution is 7.19. The van der Waals surface area contributed by atoms with Crippen LogP contribution >= 0.6 is 22.9 Å². The molecule has 1 fully saturated rings. The van der Waals surface area contributed by atoms with Crippen molar-refractivity contribution in [3.05, 3.63) is 63.6 Å². The molecule has 1 aliphatic heterocycles. The average molecular weight is 524 g/mol. The largest absolute Gasteiger partial charge is 0.380 e. The van der Waals surface area contributed by atoms with Crippen LogP contribution in [0.25, 0.3) is 21.5 Å². The summed E-state index contributed by atoms with van der Waals surface area (Å²) < 4.78 is 5.70. The Hall–Kier alpha value is -2.94. The Labute approximate surface area is 220 Å². The molecule has 1 saturated heterocycles. The second kappa shape index (κ2) is 9.50. The number of carbonyl (C=O) groups is 1. The molecule has 0 spiro atoms. The van der Waals surface area contributed by atoms with Gasteiger partial charge in [-0.25, -0.2) is 9.97 Å². The Balaban J connectivity index is 1.58. The molecule has 7 nitrogen and oxygen atoms in total. The van der Waals surface area contributed by atoms with E-state index in [0.29, 0.717) is 23.7 Å². The van der Waals surface area contributed by atoms with Crippen LogP contribution in [0.2, 0.25) is 5.02 Å². The summed E-state index contributed by atoms with van der Waals surface area (Å²) in [5.74, 6) is 0.617. The van der Waals surface area contributed by atoms with Crippen molar-refractivity contribution in [1.82, 2.24) is 19.9 Å². The van der Waals surface area contributed by atoms with Gasteiger partial charge in [0.15, 0.2) is 5.13 Å². The number of methoxy groups -OCH3 is 1. The summed E-state index contributed by atoms with van der Waals surface area (Å²) in [5.41, 5.74) is 6.53. The van der Waals surface area contributed by atoms with Crippen molar-refractivity contribution >= 4 is 45.0 Å². The summed E-state index contributed by atoms with van der Waals surface area (Å²) in [6.07, 6.45) is 0.562. The van der Waals surface area contributed by atoms with Crippen molar-refractivity contribution in [1.29, 1.82) is 0 Å². The smallest absolute Gasteiger partial charge is 0.274 e. The fourth-order valence-corrected chi connectivity index (χ4v) is 5.81. The first-order valence-electron chi connectivity index (χ1n) is 11.9. The highest BCUT2D eigenvalue weighted by Gasteiger charge is 2.40. The van der Waals surface area contributed by atoms with Crippen LogP contribution in [0.4, 0.5) is 5.13 Å². The zero-order valence-corrected chi connectivity index (χ0v) is 22.9. The molecule has 3 heterocycles. The van der Waals surface area contributed by atoms with Crippen LogP contribution < -0.4 is 4.90 Å². The number of halogens is 1. The number of benzene rings is 2. The molecule has 0 bridgehead atoms. The van der Waals surface area contributed by atoms with Crippen molar-refractivity contribution in [3.8, 4) is 10.4 Å². The zero-order chi connectivity index (χ0) is 25.7. The van der Waals surface area contributed by atoms with E-state index in [2.05, 4.69) is 37.0 Å². The van der Waals surface area contributed by atoms with E-state index < -0.39 is 0 Å². The number of likely N-dealkylation sites (tertiary alicyclic amines) is 1. The normalized spacial score (nSPS) is 17.8. The predicted molar refractivity (Wildman–Crippen MR) is 146 cm³/mol. The minimum absolute atomic E-state index is 0.0890. The first-order chi connectivity index (χ1) is 17.2. The van der Waals surface area contributed by atoms with Gasteiger partial charge < -0.3 is 19.5 Å². The summed E-state index contributed by atoms with van der Waals surface area (Å²) in [6.45, 7) is 6.61. The number of amides is 1. The topological polar surface area (TPSA) is 74.3 Å². The van der Waals surface area contributed by atoms with Gasteiger partial charge in [0.25, 0.3) is 5.91 Å². The number of H-pyrrole nitrogens is 1. The molecule has 9 heteroatoms. The highest BCUT2D eigenvalue weighted by atomic mass is 35.5. The van der Waals surface area contributed by atoms with Crippen molar-refractivity contribution in [2.24, 2.45) is 0 Å². The van der Waals surface area contributed by atoms with Gasteiger partial charge in [0.2, 0.25) is 0 Å². The number of thiazole rings is 1. The molecule has 1 N–H and O–H groups in total. The number of ether oxygens (including phenoxy) is 1. The van der Waals surface area contributed by atoms with E-state index in [1.54, 1.807) is 7.11 Å². The van der Waals surface area contributed by atoms with Crippen LogP contribution in [0.5, 0.6) is 0 Å². The molecule has 188 valence electrons. The molecule has 1 aliphatic rings. The first-order valence-corrected chi connectivity index (χ1v) is 13.1. The molecule has 0 radical (unpaired) electrons. The van der Waals surface area contributed by atoms with E-state index in [9.17, 15) is 4.79 Å². The molecular formula is C27H30ClN5O2S. The van der Waals surface area contributed by atoms with E-state index in [1.165, 1.54) is 22.5 Å². The van der Waals surface area contributed by atoms with Gasteiger partial charge in [-0.05, 0) is 55.2 Å². The van der Waals surface area contributed by atoms with Gasteiger partial charge >= 0.3 is 0 Å². The maximum atomic E-state index is 14.1. The maximum Gasteiger partial charge on any atom is 0.274 e. The molecule has 4 aromatic rings. The number of aryl methyl sites for hydroxylation is 3. The third-order valence-electron chi connectivity index (χ3n) is 7.01. The van der Waals surface area contributed by atoms with Crippen molar-refractivity contribution < 1.29 is 9.53 Å². The first kappa shape index (κ1) is 24.7. The number of fused-ring (bicyclic) bond motifs is 1. The zero-order valence-electron chi connectivity index (χ0n) is 21.3. The number of imidazole rings is 1. The number of carbonyl (C=O) groups excluding carboxylic acids is 1.